The first-order valence-electron chi connectivity index (χ1n) is 9.89. The topological polar surface area (TPSA) is 58.4 Å². The van der Waals surface area contributed by atoms with Crippen molar-refractivity contribution >= 4 is 30.7 Å². The summed E-state index contributed by atoms with van der Waals surface area (Å²) in [5, 5.41) is 3.29. The van der Waals surface area contributed by atoms with Gasteiger partial charge in [-0.05, 0) is 24.6 Å². The molecule has 31 heavy (non-hydrogen) atoms. The lowest BCUT2D eigenvalue weighted by atomic mass is 10.0. The average Bonchev–Trinajstić information content (AvgIpc) is 3.13. The summed E-state index contributed by atoms with van der Waals surface area (Å²) in [6, 6.07) is 16.1. The number of amides is 1. The number of hydrogen-bond donors (Lipinski definition) is 1. The second-order valence-corrected chi connectivity index (χ2v) is 7.25. The fourth-order valence-electron chi connectivity index (χ4n) is 3.79. The Hall–Kier alpha value is -2.41. The van der Waals surface area contributed by atoms with Gasteiger partial charge in [-0.3, -0.25) is 4.79 Å². The molecule has 0 aliphatic carbocycles. The number of oxazole rings is 1. The lowest BCUT2D eigenvalue weighted by Gasteiger charge is -2.36. The largest absolute Gasteiger partial charge is 0.440 e. The predicted molar refractivity (Wildman–Crippen MR) is 123 cm³/mol. The smallest absolute Gasteiger partial charge is 0.223 e. The summed E-state index contributed by atoms with van der Waals surface area (Å²) in [5.74, 6) is 1.04. The number of hydrogen-bond acceptors (Lipinski definition) is 4. The van der Waals surface area contributed by atoms with Crippen LogP contribution in [0.5, 0.6) is 0 Å². The number of carbonyl (C=O) groups is 1. The molecule has 1 amide bonds. The third kappa shape index (κ3) is 5.85. The van der Waals surface area contributed by atoms with Crippen LogP contribution < -0.4 is 5.32 Å². The Morgan fingerprint density at radius 1 is 1.19 bits per heavy atom. The molecular formula is C23H26Cl2FN3O2. The second-order valence-electron chi connectivity index (χ2n) is 7.25. The van der Waals surface area contributed by atoms with Crippen LogP contribution in [-0.2, 0) is 11.2 Å². The van der Waals surface area contributed by atoms with Crippen molar-refractivity contribution in [3.63, 3.8) is 0 Å². The van der Waals surface area contributed by atoms with Gasteiger partial charge in [0.15, 0.2) is 11.7 Å². The van der Waals surface area contributed by atoms with Gasteiger partial charge < -0.3 is 14.6 Å². The third-order valence-corrected chi connectivity index (χ3v) is 5.23. The number of halogens is 3. The fourth-order valence-corrected chi connectivity index (χ4v) is 3.79. The van der Waals surface area contributed by atoms with Crippen LogP contribution in [0.1, 0.15) is 29.6 Å². The molecule has 0 spiro atoms. The van der Waals surface area contributed by atoms with E-state index in [1.807, 2.05) is 48.2 Å². The zero-order valence-corrected chi connectivity index (χ0v) is 18.8. The van der Waals surface area contributed by atoms with E-state index in [0.29, 0.717) is 31.8 Å². The number of aryl methyl sites for hydroxylation is 2. The standard InChI is InChI=1S/C23H24FN3O2.2ClH/c1-16-23(17-6-3-2-4-7-17)29-21(26-16)10-11-22(28)27-13-12-25-15-20(27)18-8-5-9-19(24)14-18;;/h2-9,14,20,25H,10-13,15H2,1H3;2*1H. The summed E-state index contributed by atoms with van der Waals surface area (Å²) in [4.78, 5) is 19.3. The molecule has 0 radical (unpaired) electrons. The van der Waals surface area contributed by atoms with Gasteiger partial charge in [0.05, 0.1) is 11.7 Å². The Balaban J connectivity index is 0.00000171. The van der Waals surface area contributed by atoms with Crippen LogP contribution in [0.2, 0.25) is 0 Å². The number of piperazine rings is 1. The molecule has 1 N–H and O–H groups in total. The van der Waals surface area contributed by atoms with E-state index < -0.39 is 0 Å². The minimum absolute atomic E-state index is 0. The van der Waals surface area contributed by atoms with Gasteiger partial charge in [-0.15, -0.1) is 24.8 Å². The van der Waals surface area contributed by atoms with E-state index in [1.165, 1.54) is 12.1 Å². The molecule has 8 heteroatoms. The van der Waals surface area contributed by atoms with E-state index in [9.17, 15) is 9.18 Å². The van der Waals surface area contributed by atoms with E-state index in [0.717, 1.165) is 29.1 Å². The van der Waals surface area contributed by atoms with Gasteiger partial charge >= 0.3 is 0 Å². The Kier molecular flexibility index (Phi) is 9.04. The highest BCUT2D eigenvalue weighted by molar-refractivity contribution is 5.85. The van der Waals surface area contributed by atoms with Gasteiger partial charge in [0.2, 0.25) is 5.91 Å². The highest BCUT2D eigenvalue weighted by Gasteiger charge is 2.28. The maximum absolute atomic E-state index is 13.7. The van der Waals surface area contributed by atoms with Crippen LogP contribution in [0.15, 0.2) is 59.0 Å². The van der Waals surface area contributed by atoms with E-state index in [2.05, 4.69) is 10.3 Å². The fraction of sp³-hybridized carbons (Fsp3) is 0.304. The summed E-state index contributed by atoms with van der Waals surface area (Å²) in [5.41, 5.74) is 2.60. The highest BCUT2D eigenvalue weighted by Crippen LogP contribution is 2.26. The van der Waals surface area contributed by atoms with Crippen molar-refractivity contribution in [1.82, 2.24) is 15.2 Å². The van der Waals surface area contributed by atoms with Crippen molar-refractivity contribution in [3.8, 4) is 11.3 Å². The lowest BCUT2D eigenvalue weighted by Crippen LogP contribution is -2.48. The first kappa shape index (κ1) is 24.9. The van der Waals surface area contributed by atoms with Crippen molar-refractivity contribution in [2.75, 3.05) is 19.6 Å². The maximum Gasteiger partial charge on any atom is 0.223 e. The van der Waals surface area contributed by atoms with Crippen molar-refractivity contribution in [1.29, 1.82) is 0 Å². The zero-order chi connectivity index (χ0) is 20.2. The molecule has 1 aromatic heterocycles. The van der Waals surface area contributed by atoms with Crippen molar-refractivity contribution in [3.05, 3.63) is 77.6 Å². The van der Waals surface area contributed by atoms with Crippen LogP contribution in [-0.4, -0.2) is 35.4 Å². The molecule has 5 nitrogen and oxygen atoms in total. The average molecular weight is 466 g/mol. The number of benzene rings is 2. The van der Waals surface area contributed by atoms with Gasteiger partial charge in [0, 0.05) is 38.0 Å². The number of nitrogens with zero attached hydrogens (tertiary/aromatic N) is 2. The molecule has 1 saturated heterocycles. The molecule has 2 aromatic carbocycles. The van der Waals surface area contributed by atoms with Gasteiger partial charge in [-0.1, -0.05) is 42.5 Å². The number of carbonyl (C=O) groups excluding carboxylic acids is 1. The Morgan fingerprint density at radius 3 is 2.71 bits per heavy atom. The molecule has 1 aliphatic rings. The molecule has 1 atom stereocenters. The Morgan fingerprint density at radius 2 is 1.97 bits per heavy atom. The highest BCUT2D eigenvalue weighted by atomic mass is 35.5. The molecule has 0 saturated carbocycles. The van der Waals surface area contributed by atoms with E-state index in [4.69, 9.17) is 4.42 Å². The molecule has 3 aromatic rings. The zero-order valence-electron chi connectivity index (χ0n) is 17.2. The van der Waals surface area contributed by atoms with Gasteiger partial charge in [-0.2, -0.15) is 0 Å². The van der Waals surface area contributed by atoms with Crippen molar-refractivity contribution < 1.29 is 13.6 Å². The molecule has 0 bridgehead atoms. The lowest BCUT2D eigenvalue weighted by molar-refractivity contribution is -0.134. The van der Waals surface area contributed by atoms with Gasteiger partial charge in [0.25, 0.3) is 0 Å². The summed E-state index contributed by atoms with van der Waals surface area (Å²) < 4.78 is 19.6. The van der Waals surface area contributed by atoms with Gasteiger partial charge in [0.1, 0.15) is 5.82 Å². The maximum atomic E-state index is 13.7. The van der Waals surface area contributed by atoms with Gasteiger partial charge in [-0.25, -0.2) is 9.37 Å². The minimum Gasteiger partial charge on any atom is -0.440 e. The van der Waals surface area contributed by atoms with Crippen LogP contribution in [0.4, 0.5) is 4.39 Å². The van der Waals surface area contributed by atoms with Crippen LogP contribution in [0, 0.1) is 12.7 Å². The number of nitrogens with one attached hydrogen (secondary N) is 1. The summed E-state index contributed by atoms with van der Waals surface area (Å²) in [6.45, 7) is 3.85. The molecular weight excluding hydrogens is 440 g/mol. The first-order valence-corrected chi connectivity index (χ1v) is 9.89. The molecule has 2 heterocycles. The summed E-state index contributed by atoms with van der Waals surface area (Å²) >= 11 is 0. The molecule has 166 valence electrons. The predicted octanol–water partition coefficient (Wildman–Crippen LogP) is 4.74. The SMILES string of the molecule is Cc1nc(CCC(=O)N2CCNCC2c2cccc(F)c2)oc1-c1ccccc1.Cl.Cl. The van der Waals surface area contributed by atoms with E-state index in [1.54, 1.807) is 6.07 Å². The molecule has 1 fully saturated rings. The molecule has 4 rings (SSSR count). The summed E-state index contributed by atoms with van der Waals surface area (Å²) in [6.07, 6.45) is 0.742. The minimum atomic E-state index is -0.288. The van der Waals surface area contributed by atoms with Crippen molar-refractivity contribution in [2.24, 2.45) is 0 Å². The monoisotopic (exact) mass is 465 g/mol. The quantitative estimate of drug-likeness (QED) is 0.591. The van der Waals surface area contributed by atoms with Crippen molar-refractivity contribution in [2.45, 2.75) is 25.8 Å². The number of aromatic nitrogens is 1. The first-order chi connectivity index (χ1) is 14.1. The van der Waals surface area contributed by atoms with Crippen LogP contribution in [0.25, 0.3) is 11.3 Å². The number of rotatable bonds is 5. The Bertz CT molecular complexity index is 997. The van der Waals surface area contributed by atoms with Crippen LogP contribution in [0.3, 0.4) is 0 Å². The van der Waals surface area contributed by atoms with E-state index >= 15 is 0 Å². The summed E-state index contributed by atoms with van der Waals surface area (Å²) in [7, 11) is 0. The molecule has 1 unspecified atom stereocenters. The third-order valence-electron chi connectivity index (χ3n) is 5.23. The molecule has 1 aliphatic heterocycles. The van der Waals surface area contributed by atoms with Crippen LogP contribution >= 0.6 is 24.8 Å². The second kappa shape index (κ2) is 11.3. The van der Waals surface area contributed by atoms with E-state index in [-0.39, 0.29) is 42.6 Å². The normalized spacial score (nSPS) is 15.7. The Labute approximate surface area is 193 Å².